The summed E-state index contributed by atoms with van der Waals surface area (Å²) in [5.41, 5.74) is 3.20. The van der Waals surface area contributed by atoms with Gasteiger partial charge in [-0.2, -0.15) is 13.2 Å². The number of halogens is 3. The SMILES string of the molecule is Cc1ccc(Nc2cncc(C(=O)Nc3cccc(C(F)(F)F)c3)c2)cc1C. The number of rotatable bonds is 4. The zero-order valence-electron chi connectivity index (χ0n) is 15.3. The molecule has 0 atom stereocenters. The lowest BCUT2D eigenvalue weighted by Gasteiger charge is -2.11. The average Bonchev–Trinajstić information content (AvgIpc) is 2.64. The minimum absolute atomic E-state index is 0.0624. The van der Waals surface area contributed by atoms with E-state index in [4.69, 9.17) is 0 Å². The highest BCUT2D eigenvalue weighted by molar-refractivity contribution is 6.04. The highest BCUT2D eigenvalue weighted by Gasteiger charge is 2.30. The second-order valence-corrected chi connectivity index (χ2v) is 6.42. The van der Waals surface area contributed by atoms with Crippen molar-refractivity contribution in [1.29, 1.82) is 0 Å². The first-order valence-corrected chi connectivity index (χ1v) is 8.50. The normalized spacial score (nSPS) is 11.2. The van der Waals surface area contributed by atoms with Gasteiger partial charge >= 0.3 is 6.18 Å². The third-order valence-electron chi connectivity index (χ3n) is 4.24. The van der Waals surface area contributed by atoms with Gasteiger partial charge in [0.25, 0.3) is 5.91 Å². The highest BCUT2D eigenvalue weighted by Crippen LogP contribution is 2.30. The van der Waals surface area contributed by atoms with Crippen LogP contribution in [0.5, 0.6) is 0 Å². The molecule has 0 spiro atoms. The van der Waals surface area contributed by atoms with Crippen molar-refractivity contribution in [2.75, 3.05) is 10.6 Å². The van der Waals surface area contributed by atoms with E-state index >= 15 is 0 Å². The average molecular weight is 385 g/mol. The molecule has 2 aromatic carbocycles. The van der Waals surface area contributed by atoms with Crippen LogP contribution in [0, 0.1) is 13.8 Å². The summed E-state index contributed by atoms with van der Waals surface area (Å²) in [6.07, 6.45) is -1.55. The Kier molecular flexibility index (Phi) is 5.35. The first-order chi connectivity index (χ1) is 13.2. The second-order valence-electron chi connectivity index (χ2n) is 6.42. The first-order valence-electron chi connectivity index (χ1n) is 8.50. The molecule has 1 heterocycles. The number of anilines is 3. The number of benzene rings is 2. The zero-order valence-corrected chi connectivity index (χ0v) is 15.3. The molecule has 3 rings (SSSR count). The third kappa shape index (κ3) is 4.68. The van der Waals surface area contributed by atoms with E-state index in [1.54, 1.807) is 12.3 Å². The van der Waals surface area contributed by atoms with Crippen LogP contribution >= 0.6 is 0 Å². The monoisotopic (exact) mass is 385 g/mol. The van der Waals surface area contributed by atoms with Crippen molar-refractivity contribution in [3.63, 3.8) is 0 Å². The number of hydrogen-bond donors (Lipinski definition) is 2. The van der Waals surface area contributed by atoms with E-state index in [1.807, 2.05) is 32.0 Å². The van der Waals surface area contributed by atoms with Crippen LogP contribution < -0.4 is 10.6 Å². The second kappa shape index (κ2) is 7.72. The molecule has 0 unspecified atom stereocenters. The van der Waals surface area contributed by atoms with Crippen LogP contribution in [0.1, 0.15) is 27.0 Å². The summed E-state index contributed by atoms with van der Waals surface area (Å²) < 4.78 is 38.4. The molecule has 1 amide bonds. The van der Waals surface area contributed by atoms with Gasteiger partial charge in [-0.25, -0.2) is 0 Å². The number of carbonyl (C=O) groups excluding carboxylic acids is 1. The van der Waals surface area contributed by atoms with E-state index in [1.165, 1.54) is 18.3 Å². The molecule has 0 aliphatic rings. The number of nitrogens with one attached hydrogen (secondary N) is 2. The number of aromatic nitrogens is 1. The number of carbonyl (C=O) groups is 1. The molecule has 0 saturated carbocycles. The van der Waals surface area contributed by atoms with Crippen LogP contribution in [-0.4, -0.2) is 10.9 Å². The van der Waals surface area contributed by atoms with Crippen molar-refractivity contribution in [3.8, 4) is 0 Å². The third-order valence-corrected chi connectivity index (χ3v) is 4.24. The largest absolute Gasteiger partial charge is 0.416 e. The maximum Gasteiger partial charge on any atom is 0.416 e. The molecule has 2 N–H and O–H groups in total. The summed E-state index contributed by atoms with van der Waals surface area (Å²) in [7, 11) is 0. The van der Waals surface area contributed by atoms with Crippen LogP contribution in [-0.2, 0) is 6.18 Å². The van der Waals surface area contributed by atoms with E-state index < -0.39 is 17.6 Å². The Labute approximate surface area is 160 Å². The van der Waals surface area contributed by atoms with Crippen molar-refractivity contribution in [2.24, 2.45) is 0 Å². The molecular weight excluding hydrogens is 367 g/mol. The zero-order chi connectivity index (χ0) is 20.3. The maximum atomic E-state index is 12.8. The van der Waals surface area contributed by atoms with Crippen LogP contribution in [0.15, 0.2) is 60.9 Å². The molecule has 0 saturated heterocycles. The molecular formula is C21H18F3N3O. The van der Waals surface area contributed by atoms with Gasteiger partial charge in [-0.1, -0.05) is 12.1 Å². The van der Waals surface area contributed by atoms with Gasteiger partial charge in [0.05, 0.1) is 23.0 Å². The lowest BCUT2D eigenvalue weighted by molar-refractivity contribution is -0.137. The van der Waals surface area contributed by atoms with E-state index in [2.05, 4.69) is 15.6 Å². The van der Waals surface area contributed by atoms with E-state index in [9.17, 15) is 18.0 Å². The molecule has 0 bridgehead atoms. The van der Waals surface area contributed by atoms with Crippen molar-refractivity contribution in [3.05, 3.63) is 83.2 Å². The number of amides is 1. The Morgan fingerprint density at radius 1 is 0.893 bits per heavy atom. The molecule has 0 aliphatic carbocycles. The summed E-state index contributed by atoms with van der Waals surface area (Å²) in [5.74, 6) is -0.546. The van der Waals surface area contributed by atoms with Crippen molar-refractivity contribution in [1.82, 2.24) is 4.98 Å². The number of aryl methyl sites for hydroxylation is 2. The van der Waals surface area contributed by atoms with Gasteiger partial charge < -0.3 is 10.6 Å². The predicted octanol–water partition coefficient (Wildman–Crippen LogP) is 5.71. The molecule has 1 aromatic heterocycles. The lowest BCUT2D eigenvalue weighted by atomic mass is 10.1. The molecule has 7 heteroatoms. The minimum Gasteiger partial charge on any atom is -0.354 e. The van der Waals surface area contributed by atoms with Crippen LogP contribution in [0.3, 0.4) is 0 Å². The van der Waals surface area contributed by atoms with Gasteiger partial charge in [0, 0.05) is 17.6 Å². The standard InChI is InChI=1S/C21H18F3N3O/c1-13-6-7-18(8-14(13)2)26-19-9-15(11-25-12-19)20(28)27-17-5-3-4-16(10-17)21(22,23)24/h3-12,26H,1-2H3,(H,27,28). The Balaban J connectivity index is 1.76. The lowest BCUT2D eigenvalue weighted by Crippen LogP contribution is -2.13. The summed E-state index contributed by atoms with van der Waals surface area (Å²) in [4.78, 5) is 16.5. The number of hydrogen-bond acceptors (Lipinski definition) is 3. The first kappa shape index (κ1) is 19.4. The summed E-state index contributed by atoms with van der Waals surface area (Å²) in [5, 5.41) is 5.64. The molecule has 0 radical (unpaired) electrons. The maximum absolute atomic E-state index is 12.8. The smallest absolute Gasteiger partial charge is 0.354 e. The van der Waals surface area contributed by atoms with E-state index in [0.29, 0.717) is 5.69 Å². The predicted molar refractivity (Wildman–Crippen MR) is 103 cm³/mol. The van der Waals surface area contributed by atoms with Crippen molar-refractivity contribution < 1.29 is 18.0 Å². The Morgan fingerprint density at radius 2 is 1.68 bits per heavy atom. The molecule has 0 fully saturated rings. The Morgan fingerprint density at radius 3 is 2.39 bits per heavy atom. The Bertz CT molecular complexity index is 1020. The van der Waals surface area contributed by atoms with Gasteiger partial charge in [-0.05, 0) is 61.4 Å². The van der Waals surface area contributed by atoms with Gasteiger partial charge in [-0.15, -0.1) is 0 Å². The quantitative estimate of drug-likeness (QED) is 0.605. The fraction of sp³-hybridized carbons (Fsp3) is 0.143. The summed E-state index contributed by atoms with van der Waals surface area (Å²) >= 11 is 0. The number of nitrogens with zero attached hydrogens (tertiary/aromatic N) is 1. The van der Waals surface area contributed by atoms with Gasteiger partial charge in [0.2, 0.25) is 0 Å². The van der Waals surface area contributed by atoms with Gasteiger partial charge in [-0.3, -0.25) is 9.78 Å². The molecule has 4 nitrogen and oxygen atoms in total. The summed E-state index contributed by atoms with van der Waals surface area (Å²) in [6.45, 7) is 4.01. The number of pyridine rings is 1. The van der Waals surface area contributed by atoms with Gasteiger partial charge in [0.15, 0.2) is 0 Å². The highest BCUT2D eigenvalue weighted by atomic mass is 19.4. The molecule has 3 aromatic rings. The van der Waals surface area contributed by atoms with E-state index in [-0.39, 0.29) is 11.3 Å². The molecule has 144 valence electrons. The Hall–Kier alpha value is -3.35. The topological polar surface area (TPSA) is 54.0 Å². The summed E-state index contributed by atoms with van der Waals surface area (Å²) in [6, 6.07) is 11.9. The minimum atomic E-state index is -4.47. The van der Waals surface area contributed by atoms with Crippen molar-refractivity contribution >= 4 is 23.0 Å². The van der Waals surface area contributed by atoms with E-state index in [0.717, 1.165) is 28.9 Å². The fourth-order valence-corrected chi connectivity index (χ4v) is 2.59. The van der Waals surface area contributed by atoms with Crippen LogP contribution in [0.4, 0.5) is 30.2 Å². The molecule has 0 aliphatic heterocycles. The van der Waals surface area contributed by atoms with Crippen molar-refractivity contribution in [2.45, 2.75) is 20.0 Å². The van der Waals surface area contributed by atoms with Gasteiger partial charge in [0.1, 0.15) is 0 Å². The molecule has 28 heavy (non-hydrogen) atoms. The van der Waals surface area contributed by atoms with Crippen LogP contribution in [0.2, 0.25) is 0 Å². The fourth-order valence-electron chi connectivity index (χ4n) is 2.59. The van der Waals surface area contributed by atoms with Crippen LogP contribution in [0.25, 0.3) is 0 Å². The number of alkyl halides is 3.